The van der Waals surface area contributed by atoms with Gasteiger partial charge in [-0.3, -0.25) is 15.6 Å². The van der Waals surface area contributed by atoms with Crippen LogP contribution in [0.4, 0.5) is 5.69 Å². The monoisotopic (exact) mass is 453 g/mol. The smallest absolute Gasteiger partial charge is 0.336 e. The number of benzene rings is 2. The van der Waals surface area contributed by atoms with E-state index in [4.69, 9.17) is 21.4 Å². The van der Waals surface area contributed by atoms with E-state index in [0.717, 1.165) is 10.9 Å². The molecule has 1 aromatic heterocycles. The third-order valence-corrected chi connectivity index (χ3v) is 5.12. The van der Waals surface area contributed by atoms with Crippen molar-refractivity contribution in [1.29, 1.82) is 0 Å². The maximum atomic E-state index is 12.3. The van der Waals surface area contributed by atoms with Gasteiger partial charge >= 0.3 is 5.63 Å². The number of carbonyl (C=O) groups excluding carboxylic acids is 1. The lowest BCUT2D eigenvalue weighted by Crippen LogP contribution is -2.48. The first kappa shape index (κ1) is 23.3. The van der Waals surface area contributed by atoms with Crippen LogP contribution >= 0.6 is 12.2 Å². The van der Waals surface area contributed by atoms with Gasteiger partial charge < -0.3 is 14.5 Å². The molecule has 3 N–H and O–H groups in total. The fourth-order valence-corrected chi connectivity index (χ4v) is 3.25. The van der Waals surface area contributed by atoms with Crippen molar-refractivity contribution in [3.8, 4) is 5.75 Å². The number of carbonyl (C=O) groups is 1. The van der Waals surface area contributed by atoms with Crippen LogP contribution in [0.15, 0.2) is 57.7 Å². The third-order valence-electron chi connectivity index (χ3n) is 4.91. The first-order valence-corrected chi connectivity index (χ1v) is 10.6. The molecule has 2 aromatic carbocycles. The summed E-state index contributed by atoms with van der Waals surface area (Å²) in [6.45, 7) is 9.90. The number of thiocarbonyl (C=S) groups is 1. The second kappa shape index (κ2) is 9.40. The molecule has 168 valence electrons. The molecule has 0 fully saturated rings. The van der Waals surface area contributed by atoms with Crippen molar-refractivity contribution < 1.29 is 13.9 Å². The summed E-state index contributed by atoms with van der Waals surface area (Å²) in [5, 5.41) is 3.95. The summed E-state index contributed by atoms with van der Waals surface area (Å²) in [4.78, 5) is 23.9. The Kier molecular flexibility index (Phi) is 6.84. The summed E-state index contributed by atoms with van der Waals surface area (Å²) >= 11 is 5.22. The minimum Gasteiger partial charge on any atom is -0.481 e. The summed E-state index contributed by atoms with van der Waals surface area (Å²) in [6.07, 6.45) is -0.733. The average Bonchev–Trinajstić information content (AvgIpc) is 2.71. The molecule has 0 radical (unpaired) electrons. The van der Waals surface area contributed by atoms with Crippen LogP contribution < -0.4 is 26.5 Å². The van der Waals surface area contributed by atoms with Gasteiger partial charge in [0.2, 0.25) is 0 Å². The van der Waals surface area contributed by atoms with Gasteiger partial charge in [-0.2, -0.15) is 0 Å². The lowest BCUT2D eigenvalue weighted by atomic mass is 9.87. The number of anilines is 1. The zero-order chi connectivity index (χ0) is 23.5. The first-order valence-electron chi connectivity index (χ1n) is 10.2. The van der Waals surface area contributed by atoms with Gasteiger partial charge in [0.25, 0.3) is 5.91 Å². The predicted octanol–water partition coefficient (Wildman–Crippen LogP) is 4.18. The normalized spacial score (nSPS) is 12.2. The predicted molar refractivity (Wildman–Crippen MR) is 130 cm³/mol. The molecule has 0 aliphatic heterocycles. The van der Waals surface area contributed by atoms with Gasteiger partial charge in [-0.05, 0) is 66.9 Å². The number of hydrazine groups is 1. The van der Waals surface area contributed by atoms with Crippen LogP contribution in [0, 0.1) is 6.92 Å². The fraction of sp³-hybridized carbons (Fsp3) is 0.292. The standard InChI is InChI=1S/C24H27N3O4S/c1-14-12-21(28)31-20-13-17(8-11-19(14)20)25-23(32)27-26-22(29)15(2)30-18-9-6-16(7-10-18)24(3,4)5/h6-13,15H,1-5H3,(H,26,29)(H2,25,27,32)/t15-/m0/s1. The number of ether oxygens (including phenoxy) is 1. The third kappa shape index (κ3) is 5.85. The van der Waals surface area contributed by atoms with Gasteiger partial charge in [0, 0.05) is 23.2 Å². The second-order valence-electron chi connectivity index (χ2n) is 8.56. The van der Waals surface area contributed by atoms with Gasteiger partial charge in [0.15, 0.2) is 11.2 Å². The Morgan fingerprint density at radius 3 is 2.41 bits per heavy atom. The summed E-state index contributed by atoms with van der Waals surface area (Å²) < 4.78 is 10.9. The SMILES string of the molecule is Cc1cc(=O)oc2cc(NC(=S)NNC(=O)[C@H](C)Oc3ccc(C(C)(C)C)cc3)ccc12. The van der Waals surface area contributed by atoms with E-state index in [9.17, 15) is 9.59 Å². The van der Waals surface area contributed by atoms with Crippen LogP contribution in [0.25, 0.3) is 11.0 Å². The van der Waals surface area contributed by atoms with E-state index in [-0.39, 0.29) is 16.4 Å². The molecule has 0 saturated carbocycles. The van der Waals surface area contributed by atoms with E-state index in [1.54, 1.807) is 19.1 Å². The Morgan fingerprint density at radius 2 is 1.75 bits per heavy atom. The molecule has 8 heteroatoms. The van der Waals surface area contributed by atoms with E-state index in [1.807, 2.05) is 37.3 Å². The molecule has 0 bridgehead atoms. The van der Waals surface area contributed by atoms with Gasteiger partial charge in [0.05, 0.1) is 0 Å². The molecule has 0 saturated heterocycles. The number of hydrogen-bond acceptors (Lipinski definition) is 5. The largest absolute Gasteiger partial charge is 0.481 e. The van der Waals surface area contributed by atoms with Crippen molar-refractivity contribution in [3.05, 3.63) is 70.1 Å². The van der Waals surface area contributed by atoms with E-state index in [0.29, 0.717) is 17.0 Å². The second-order valence-corrected chi connectivity index (χ2v) is 8.97. The minimum absolute atomic E-state index is 0.0450. The van der Waals surface area contributed by atoms with Crippen molar-refractivity contribution in [2.75, 3.05) is 5.32 Å². The number of rotatable bonds is 4. The molecule has 0 aliphatic rings. The molecule has 1 heterocycles. The number of aryl methyl sites for hydroxylation is 1. The van der Waals surface area contributed by atoms with Crippen LogP contribution in [0.1, 0.15) is 38.8 Å². The highest BCUT2D eigenvalue weighted by Gasteiger charge is 2.17. The van der Waals surface area contributed by atoms with Crippen molar-refractivity contribution in [2.24, 2.45) is 0 Å². The highest BCUT2D eigenvalue weighted by atomic mass is 32.1. The maximum Gasteiger partial charge on any atom is 0.336 e. The van der Waals surface area contributed by atoms with Crippen LogP contribution in [0.3, 0.4) is 0 Å². The Balaban J connectivity index is 1.53. The van der Waals surface area contributed by atoms with Crippen molar-refractivity contribution in [3.63, 3.8) is 0 Å². The highest BCUT2D eigenvalue weighted by molar-refractivity contribution is 7.80. The van der Waals surface area contributed by atoms with Crippen LogP contribution in [-0.4, -0.2) is 17.1 Å². The minimum atomic E-state index is -0.733. The lowest BCUT2D eigenvalue weighted by Gasteiger charge is -2.20. The van der Waals surface area contributed by atoms with Gasteiger partial charge in [-0.25, -0.2) is 4.79 Å². The van der Waals surface area contributed by atoms with Gasteiger partial charge in [-0.1, -0.05) is 32.9 Å². The molecule has 1 amide bonds. The molecule has 0 aliphatic carbocycles. The number of fused-ring (bicyclic) bond motifs is 1. The molecule has 3 aromatic rings. The summed E-state index contributed by atoms with van der Waals surface area (Å²) in [7, 11) is 0. The molecule has 32 heavy (non-hydrogen) atoms. The lowest BCUT2D eigenvalue weighted by molar-refractivity contribution is -0.127. The van der Waals surface area contributed by atoms with E-state index in [1.165, 1.54) is 11.6 Å². The van der Waals surface area contributed by atoms with Crippen molar-refractivity contribution in [1.82, 2.24) is 10.9 Å². The van der Waals surface area contributed by atoms with Crippen LogP contribution in [0.2, 0.25) is 0 Å². The van der Waals surface area contributed by atoms with Crippen molar-refractivity contribution in [2.45, 2.75) is 46.1 Å². The Morgan fingerprint density at radius 1 is 1.06 bits per heavy atom. The number of amides is 1. The maximum absolute atomic E-state index is 12.3. The van der Waals surface area contributed by atoms with E-state index < -0.39 is 11.7 Å². The molecular weight excluding hydrogens is 426 g/mol. The number of hydrogen-bond donors (Lipinski definition) is 3. The molecular formula is C24H27N3O4S. The topological polar surface area (TPSA) is 92.6 Å². The summed E-state index contributed by atoms with van der Waals surface area (Å²) in [5.41, 5.74) is 7.88. The van der Waals surface area contributed by atoms with Crippen LogP contribution in [0.5, 0.6) is 5.75 Å². The van der Waals surface area contributed by atoms with E-state index >= 15 is 0 Å². The fourth-order valence-electron chi connectivity index (χ4n) is 3.08. The molecule has 0 unspecified atom stereocenters. The molecule has 0 spiro atoms. The Bertz CT molecular complexity index is 1200. The Hall–Kier alpha value is -3.39. The van der Waals surface area contributed by atoms with Gasteiger partial charge in [0.1, 0.15) is 11.3 Å². The molecule has 1 atom stereocenters. The Labute approximate surface area is 192 Å². The molecule has 7 nitrogen and oxygen atoms in total. The highest BCUT2D eigenvalue weighted by Crippen LogP contribution is 2.24. The van der Waals surface area contributed by atoms with Gasteiger partial charge in [-0.15, -0.1) is 0 Å². The number of nitrogens with one attached hydrogen (secondary N) is 3. The summed E-state index contributed by atoms with van der Waals surface area (Å²) in [6, 6.07) is 14.4. The first-order chi connectivity index (χ1) is 15.0. The van der Waals surface area contributed by atoms with Crippen molar-refractivity contribution >= 4 is 39.9 Å². The zero-order valence-corrected chi connectivity index (χ0v) is 19.6. The van der Waals surface area contributed by atoms with E-state index in [2.05, 4.69) is 36.9 Å². The quantitative estimate of drug-likeness (QED) is 0.310. The summed E-state index contributed by atoms with van der Waals surface area (Å²) in [5.74, 6) is 0.225. The molecule has 3 rings (SSSR count). The average molecular weight is 454 g/mol. The van der Waals surface area contributed by atoms with Crippen LogP contribution in [-0.2, 0) is 10.2 Å². The zero-order valence-electron chi connectivity index (χ0n) is 18.7.